The maximum Gasteiger partial charge on any atom is 0.225 e. The number of amides is 1. The zero-order valence-corrected chi connectivity index (χ0v) is 20.7. The molecular formula is C26H30N6OS. The number of hydrogen-bond donors (Lipinski definition) is 1. The number of thiazole rings is 1. The molecule has 1 fully saturated rings. The number of aromatic nitrogens is 3. The number of anilines is 2. The zero-order chi connectivity index (χ0) is 23.7. The summed E-state index contributed by atoms with van der Waals surface area (Å²) in [5.41, 5.74) is 5.13. The highest BCUT2D eigenvalue weighted by atomic mass is 32.1. The molecule has 176 valence electrons. The molecule has 5 rings (SSSR count). The fourth-order valence-corrected chi connectivity index (χ4v) is 5.44. The summed E-state index contributed by atoms with van der Waals surface area (Å²) in [6.45, 7) is 4.20. The van der Waals surface area contributed by atoms with Gasteiger partial charge in [0.25, 0.3) is 0 Å². The maximum atomic E-state index is 13.0. The van der Waals surface area contributed by atoms with E-state index in [9.17, 15) is 4.79 Å². The number of piperidine rings is 1. The van der Waals surface area contributed by atoms with E-state index in [2.05, 4.69) is 39.4 Å². The van der Waals surface area contributed by atoms with Crippen molar-refractivity contribution in [1.29, 1.82) is 0 Å². The normalized spacial score (nSPS) is 16.1. The predicted molar refractivity (Wildman–Crippen MR) is 139 cm³/mol. The minimum absolute atomic E-state index is 0.0338. The van der Waals surface area contributed by atoms with E-state index < -0.39 is 0 Å². The lowest BCUT2D eigenvalue weighted by atomic mass is 9.97. The molecule has 0 spiro atoms. The first-order valence-electron chi connectivity index (χ1n) is 11.7. The summed E-state index contributed by atoms with van der Waals surface area (Å²) >= 11 is 1.67. The Hall–Kier alpha value is -3.39. The molecule has 1 aliphatic rings. The van der Waals surface area contributed by atoms with Gasteiger partial charge in [0, 0.05) is 39.4 Å². The quantitative estimate of drug-likeness (QED) is 0.449. The monoisotopic (exact) mass is 474 g/mol. The molecule has 2 aromatic heterocycles. The molecule has 0 saturated carbocycles. The van der Waals surface area contributed by atoms with Gasteiger partial charge in [0.05, 0.1) is 22.0 Å². The molecule has 8 heteroatoms. The SMILES string of the molecule is Cc1nn(-c2ccccc2)c2nc(N3CCC[C@H](C(=O)NCc4ccc(N(C)C)cc4)C3)sc12. The summed E-state index contributed by atoms with van der Waals surface area (Å²) in [6.07, 6.45) is 1.89. The molecule has 1 amide bonds. The Bertz CT molecular complexity index is 1280. The Labute approximate surface area is 204 Å². The van der Waals surface area contributed by atoms with Crippen LogP contribution in [0.15, 0.2) is 54.6 Å². The lowest BCUT2D eigenvalue weighted by Crippen LogP contribution is -2.43. The van der Waals surface area contributed by atoms with Crippen LogP contribution < -0.4 is 15.1 Å². The third kappa shape index (κ3) is 4.50. The van der Waals surface area contributed by atoms with Gasteiger partial charge in [-0.2, -0.15) is 10.1 Å². The lowest BCUT2D eigenvalue weighted by Gasteiger charge is -2.31. The first kappa shape index (κ1) is 22.4. The van der Waals surface area contributed by atoms with E-state index in [1.165, 1.54) is 0 Å². The highest BCUT2D eigenvalue weighted by Gasteiger charge is 2.28. The second kappa shape index (κ2) is 9.46. The van der Waals surface area contributed by atoms with Crippen LogP contribution in [0.25, 0.3) is 16.0 Å². The first-order chi connectivity index (χ1) is 16.5. The fraction of sp³-hybridized carbons (Fsp3) is 0.346. The van der Waals surface area contributed by atoms with Gasteiger partial charge in [0.15, 0.2) is 10.8 Å². The van der Waals surface area contributed by atoms with Gasteiger partial charge in [-0.05, 0) is 49.6 Å². The summed E-state index contributed by atoms with van der Waals surface area (Å²) in [4.78, 5) is 22.2. The Morgan fingerprint density at radius 3 is 2.65 bits per heavy atom. The second-order valence-electron chi connectivity index (χ2n) is 9.05. The highest BCUT2D eigenvalue weighted by Crippen LogP contribution is 2.34. The minimum atomic E-state index is -0.0338. The van der Waals surface area contributed by atoms with Gasteiger partial charge in [-0.25, -0.2) is 4.68 Å². The molecule has 0 radical (unpaired) electrons. The second-order valence-corrected chi connectivity index (χ2v) is 10.0. The molecule has 2 aromatic carbocycles. The van der Waals surface area contributed by atoms with Crippen LogP contribution in [0.3, 0.4) is 0 Å². The Morgan fingerprint density at radius 1 is 1.15 bits per heavy atom. The average molecular weight is 475 g/mol. The topological polar surface area (TPSA) is 66.3 Å². The Morgan fingerprint density at radius 2 is 1.91 bits per heavy atom. The van der Waals surface area contributed by atoms with Crippen molar-refractivity contribution in [1.82, 2.24) is 20.1 Å². The number of benzene rings is 2. The van der Waals surface area contributed by atoms with Crippen LogP contribution in [-0.2, 0) is 11.3 Å². The average Bonchev–Trinajstić information content (AvgIpc) is 3.44. The van der Waals surface area contributed by atoms with E-state index >= 15 is 0 Å². The van der Waals surface area contributed by atoms with Gasteiger partial charge in [-0.1, -0.05) is 41.7 Å². The number of carbonyl (C=O) groups is 1. The summed E-state index contributed by atoms with van der Waals surface area (Å²) in [5.74, 6) is 0.0858. The van der Waals surface area contributed by atoms with Crippen LogP contribution in [0.4, 0.5) is 10.8 Å². The van der Waals surface area contributed by atoms with Gasteiger partial charge < -0.3 is 15.1 Å². The minimum Gasteiger partial charge on any atom is -0.378 e. The highest BCUT2D eigenvalue weighted by molar-refractivity contribution is 7.22. The number of carbonyl (C=O) groups excluding carboxylic acids is 1. The van der Waals surface area contributed by atoms with E-state index in [0.29, 0.717) is 13.1 Å². The van der Waals surface area contributed by atoms with Gasteiger partial charge >= 0.3 is 0 Å². The molecule has 7 nitrogen and oxygen atoms in total. The van der Waals surface area contributed by atoms with E-state index in [0.717, 1.165) is 57.5 Å². The van der Waals surface area contributed by atoms with Gasteiger partial charge in [-0.15, -0.1) is 0 Å². The smallest absolute Gasteiger partial charge is 0.225 e. The number of hydrogen-bond acceptors (Lipinski definition) is 6. The molecule has 1 saturated heterocycles. The van der Waals surface area contributed by atoms with E-state index in [-0.39, 0.29) is 11.8 Å². The Balaban J connectivity index is 1.27. The van der Waals surface area contributed by atoms with Crippen LogP contribution in [0.1, 0.15) is 24.1 Å². The summed E-state index contributed by atoms with van der Waals surface area (Å²) in [6, 6.07) is 18.4. The summed E-state index contributed by atoms with van der Waals surface area (Å²) in [5, 5.41) is 8.81. The third-order valence-electron chi connectivity index (χ3n) is 6.36. The van der Waals surface area contributed by atoms with Crippen molar-refractivity contribution in [2.24, 2.45) is 5.92 Å². The lowest BCUT2D eigenvalue weighted by molar-refractivity contribution is -0.125. The third-order valence-corrected chi connectivity index (χ3v) is 7.57. The molecule has 34 heavy (non-hydrogen) atoms. The molecule has 0 unspecified atom stereocenters. The molecule has 1 atom stereocenters. The largest absolute Gasteiger partial charge is 0.378 e. The van der Waals surface area contributed by atoms with Crippen LogP contribution >= 0.6 is 11.3 Å². The van der Waals surface area contributed by atoms with Gasteiger partial charge in [0.2, 0.25) is 5.91 Å². The van der Waals surface area contributed by atoms with Crippen molar-refractivity contribution in [3.05, 3.63) is 65.9 Å². The Kier molecular flexibility index (Phi) is 6.24. The van der Waals surface area contributed by atoms with Crippen molar-refractivity contribution in [3.63, 3.8) is 0 Å². The van der Waals surface area contributed by atoms with Crippen molar-refractivity contribution in [3.8, 4) is 5.69 Å². The molecule has 1 aliphatic heterocycles. The standard InChI is InChI=1S/C26H30N6OS/c1-18-23-24(32(29-18)22-9-5-4-6-10-22)28-26(34-23)31-15-7-8-20(17-31)25(33)27-16-19-11-13-21(14-12-19)30(2)3/h4-6,9-14,20H,7-8,15-17H2,1-3H3,(H,27,33)/t20-/m0/s1. The molecule has 4 aromatic rings. The van der Waals surface area contributed by atoms with Crippen molar-refractivity contribution in [2.75, 3.05) is 37.0 Å². The molecular weight excluding hydrogens is 444 g/mol. The summed E-state index contributed by atoms with van der Waals surface area (Å²) < 4.78 is 3.02. The van der Waals surface area contributed by atoms with Crippen LogP contribution in [-0.4, -0.2) is 47.9 Å². The van der Waals surface area contributed by atoms with Crippen LogP contribution in [0.5, 0.6) is 0 Å². The van der Waals surface area contributed by atoms with E-state index in [1.54, 1.807) is 11.3 Å². The maximum absolute atomic E-state index is 13.0. The summed E-state index contributed by atoms with van der Waals surface area (Å²) in [7, 11) is 4.05. The number of aryl methyl sites for hydroxylation is 1. The van der Waals surface area contributed by atoms with E-state index in [1.807, 2.05) is 56.0 Å². The molecule has 0 bridgehead atoms. The fourth-order valence-electron chi connectivity index (χ4n) is 4.42. The van der Waals surface area contributed by atoms with Crippen LogP contribution in [0, 0.1) is 12.8 Å². The van der Waals surface area contributed by atoms with Gasteiger partial charge in [-0.3, -0.25) is 4.79 Å². The first-order valence-corrected chi connectivity index (χ1v) is 12.5. The molecule has 3 heterocycles. The zero-order valence-electron chi connectivity index (χ0n) is 19.9. The number of nitrogens with one attached hydrogen (secondary N) is 1. The van der Waals surface area contributed by atoms with Crippen molar-refractivity contribution < 1.29 is 4.79 Å². The number of para-hydroxylation sites is 1. The molecule has 1 N–H and O–H groups in total. The predicted octanol–water partition coefficient (Wildman–Crippen LogP) is 4.39. The molecule has 0 aliphatic carbocycles. The van der Waals surface area contributed by atoms with E-state index in [4.69, 9.17) is 10.1 Å². The van der Waals surface area contributed by atoms with Crippen LogP contribution in [0.2, 0.25) is 0 Å². The number of rotatable bonds is 6. The number of fused-ring (bicyclic) bond motifs is 1. The van der Waals surface area contributed by atoms with Crippen molar-refractivity contribution in [2.45, 2.75) is 26.3 Å². The van der Waals surface area contributed by atoms with Crippen molar-refractivity contribution >= 4 is 38.4 Å². The number of nitrogens with zero attached hydrogens (tertiary/aromatic N) is 5. The van der Waals surface area contributed by atoms with Gasteiger partial charge in [0.1, 0.15) is 0 Å².